The topological polar surface area (TPSA) is 20.3 Å². The number of nitrogens with zero attached hydrogens (tertiary/aromatic N) is 1. The largest absolute Gasteiger partial charge is 0.418 e. The van der Waals surface area contributed by atoms with Crippen LogP contribution in [-0.2, 0) is 6.18 Å². The third-order valence-electron chi connectivity index (χ3n) is 4.12. The minimum absolute atomic E-state index is 0.0638. The molecule has 0 saturated carbocycles. The van der Waals surface area contributed by atoms with Gasteiger partial charge in [-0.15, -0.1) is 0 Å². The van der Waals surface area contributed by atoms with Gasteiger partial charge in [0.2, 0.25) is 0 Å². The molecule has 1 aromatic carbocycles. The van der Waals surface area contributed by atoms with Crippen LogP contribution in [0.1, 0.15) is 54.9 Å². The van der Waals surface area contributed by atoms with Crippen molar-refractivity contribution in [2.45, 2.75) is 51.2 Å². The zero-order chi connectivity index (χ0) is 15.5. The summed E-state index contributed by atoms with van der Waals surface area (Å²) in [6, 6.07) is 4.01. The van der Waals surface area contributed by atoms with Crippen molar-refractivity contribution in [3.63, 3.8) is 0 Å². The Bertz CT molecular complexity index is 499. The zero-order valence-corrected chi connectivity index (χ0v) is 12.1. The van der Waals surface area contributed by atoms with Gasteiger partial charge >= 0.3 is 6.18 Å². The number of hydrogen-bond acceptors (Lipinski definition) is 2. The maximum absolute atomic E-state index is 13.3. The molecule has 116 valence electrons. The maximum Gasteiger partial charge on any atom is 0.418 e. The molecule has 1 aliphatic heterocycles. The number of anilines is 1. The molecule has 0 amide bonds. The van der Waals surface area contributed by atoms with Gasteiger partial charge in [-0.25, -0.2) is 0 Å². The Morgan fingerprint density at radius 1 is 1.29 bits per heavy atom. The summed E-state index contributed by atoms with van der Waals surface area (Å²) in [6.07, 6.45) is 0.778. The second kappa shape index (κ2) is 6.50. The molecule has 1 saturated heterocycles. The number of carbonyl (C=O) groups is 1. The molecule has 0 spiro atoms. The van der Waals surface area contributed by atoms with Gasteiger partial charge in [0.1, 0.15) is 6.29 Å². The van der Waals surface area contributed by atoms with E-state index in [0.717, 1.165) is 38.2 Å². The molecule has 0 radical (unpaired) electrons. The molecule has 0 aromatic heterocycles. The smallest absolute Gasteiger partial charge is 0.368 e. The second-order valence-electron chi connectivity index (χ2n) is 5.50. The molecule has 2 rings (SSSR count). The number of alkyl halides is 3. The molecule has 0 N–H and O–H groups in total. The van der Waals surface area contributed by atoms with E-state index in [4.69, 9.17) is 0 Å². The van der Waals surface area contributed by atoms with Crippen molar-refractivity contribution in [2.24, 2.45) is 0 Å². The molecule has 0 bridgehead atoms. The summed E-state index contributed by atoms with van der Waals surface area (Å²) in [5.41, 5.74) is -0.428. The van der Waals surface area contributed by atoms with E-state index in [1.807, 2.05) is 11.8 Å². The van der Waals surface area contributed by atoms with Gasteiger partial charge in [0.05, 0.1) is 5.56 Å². The van der Waals surface area contributed by atoms with Crippen molar-refractivity contribution in [1.29, 1.82) is 0 Å². The average Bonchev–Trinajstić information content (AvgIpc) is 2.70. The fraction of sp³-hybridized carbons (Fsp3) is 0.562. The van der Waals surface area contributed by atoms with Gasteiger partial charge < -0.3 is 4.90 Å². The predicted octanol–water partition coefficient (Wildman–Crippen LogP) is 4.68. The van der Waals surface area contributed by atoms with Gasteiger partial charge in [0.25, 0.3) is 0 Å². The fourth-order valence-electron chi connectivity index (χ4n) is 3.02. The van der Waals surface area contributed by atoms with Crippen LogP contribution in [0, 0.1) is 0 Å². The molecule has 1 unspecified atom stereocenters. The third-order valence-corrected chi connectivity index (χ3v) is 4.12. The monoisotopic (exact) mass is 299 g/mol. The first kappa shape index (κ1) is 15.9. The fourth-order valence-corrected chi connectivity index (χ4v) is 3.02. The molecule has 5 heteroatoms. The molecule has 1 heterocycles. The van der Waals surface area contributed by atoms with Crippen LogP contribution in [0.5, 0.6) is 0 Å². The summed E-state index contributed by atoms with van der Waals surface area (Å²) in [7, 11) is 0. The molecule has 2 nitrogen and oxygen atoms in total. The molecule has 1 atom stereocenters. The highest BCUT2D eigenvalue weighted by Gasteiger charge is 2.36. The summed E-state index contributed by atoms with van der Waals surface area (Å²) in [4.78, 5) is 12.6. The highest BCUT2D eigenvalue weighted by atomic mass is 19.4. The number of aldehydes is 1. The van der Waals surface area contributed by atoms with Crippen LogP contribution >= 0.6 is 0 Å². The Morgan fingerprint density at radius 2 is 2.05 bits per heavy atom. The summed E-state index contributed by atoms with van der Waals surface area (Å²) in [6.45, 7) is 2.65. The van der Waals surface area contributed by atoms with Crippen molar-refractivity contribution in [1.82, 2.24) is 0 Å². The first-order chi connectivity index (χ1) is 9.97. The van der Waals surface area contributed by atoms with Crippen molar-refractivity contribution >= 4 is 12.0 Å². The minimum atomic E-state index is -4.45. The summed E-state index contributed by atoms with van der Waals surface area (Å²) in [5, 5.41) is 0. The van der Waals surface area contributed by atoms with Crippen LogP contribution in [0.25, 0.3) is 0 Å². The second-order valence-corrected chi connectivity index (χ2v) is 5.50. The van der Waals surface area contributed by atoms with Crippen molar-refractivity contribution in [2.75, 3.05) is 11.4 Å². The average molecular weight is 299 g/mol. The SMILES string of the molecule is CCC1CCCCCN1c1ccc(C=O)cc1C(F)(F)F. The van der Waals surface area contributed by atoms with E-state index in [-0.39, 0.29) is 17.3 Å². The Labute approximate surface area is 122 Å². The Kier molecular flexibility index (Phi) is 4.91. The van der Waals surface area contributed by atoms with Crippen LogP contribution in [-0.4, -0.2) is 18.9 Å². The number of carbonyl (C=O) groups excluding carboxylic acids is 1. The van der Waals surface area contributed by atoms with Gasteiger partial charge in [-0.05, 0) is 37.5 Å². The van der Waals surface area contributed by atoms with Gasteiger partial charge in [-0.2, -0.15) is 13.2 Å². The molecule has 1 fully saturated rings. The van der Waals surface area contributed by atoms with Crippen LogP contribution in [0.3, 0.4) is 0 Å². The summed E-state index contributed by atoms with van der Waals surface area (Å²) >= 11 is 0. The van der Waals surface area contributed by atoms with E-state index in [1.165, 1.54) is 12.1 Å². The zero-order valence-electron chi connectivity index (χ0n) is 12.1. The number of hydrogen-bond donors (Lipinski definition) is 0. The van der Waals surface area contributed by atoms with Gasteiger partial charge in [0, 0.05) is 23.8 Å². The van der Waals surface area contributed by atoms with E-state index < -0.39 is 11.7 Å². The maximum atomic E-state index is 13.3. The molecule has 1 aliphatic rings. The standard InChI is InChI=1S/C16H20F3NO/c1-2-13-6-4-3-5-9-20(13)15-8-7-12(11-21)10-14(15)16(17,18)19/h7-8,10-11,13H,2-6,9H2,1H3. The van der Waals surface area contributed by atoms with E-state index in [0.29, 0.717) is 12.8 Å². The van der Waals surface area contributed by atoms with Crippen LogP contribution in [0.4, 0.5) is 18.9 Å². The molecule has 21 heavy (non-hydrogen) atoms. The van der Waals surface area contributed by atoms with Crippen LogP contribution < -0.4 is 4.90 Å². The van der Waals surface area contributed by atoms with E-state index in [1.54, 1.807) is 0 Å². The summed E-state index contributed by atoms with van der Waals surface area (Å²) < 4.78 is 39.9. The van der Waals surface area contributed by atoms with Crippen molar-refractivity contribution in [3.05, 3.63) is 29.3 Å². The lowest BCUT2D eigenvalue weighted by Crippen LogP contribution is -2.35. The molecule has 1 aromatic rings. The summed E-state index contributed by atoms with van der Waals surface area (Å²) in [5.74, 6) is 0. The van der Waals surface area contributed by atoms with E-state index >= 15 is 0 Å². The molecule has 0 aliphatic carbocycles. The predicted molar refractivity (Wildman–Crippen MR) is 76.7 cm³/mol. The highest BCUT2D eigenvalue weighted by molar-refractivity contribution is 5.77. The van der Waals surface area contributed by atoms with Gasteiger partial charge in [-0.1, -0.05) is 19.8 Å². The first-order valence-electron chi connectivity index (χ1n) is 7.40. The van der Waals surface area contributed by atoms with Crippen LogP contribution in [0.15, 0.2) is 18.2 Å². The molecular weight excluding hydrogens is 279 g/mol. The van der Waals surface area contributed by atoms with Gasteiger partial charge in [-0.3, -0.25) is 4.79 Å². The van der Waals surface area contributed by atoms with Crippen molar-refractivity contribution < 1.29 is 18.0 Å². The lowest BCUT2D eigenvalue weighted by Gasteiger charge is -2.33. The van der Waals surface area contributed by atoms with Crippen molar-refractivity contribution in [3.8, 4) is 0 Å². The number of benzene rings is 1. The van der Waals surface area contributed by atoms with Crippen LogP contribution in [0.2, 0.25) is 0 Å². The third kappa shape index (κ3) is 3.57. The highest BCUT2D eigenvalue weighted by Crippen LogP contribution is 2.39. The normalized spacial score (nSPS) is 20.2. The Hall–Kier alpha value is -1.52. The Morgan fingerprint density at radius 3 is 2.67 bits per heavy atom. The van der Waals surface area contributed by atoms with Gasteiger partial charge in [0.15, 0.2) is 0 Å². The van der Waals surface area contributed by atoms with E-state index in [9.17, 15) is 18.0 Å². The minimum Gasteiger partial charge on any atom is -0.368 e. The quantitative estimate of drug-likeness (QED) is 0.755. The molecular formula is C16H20F3NO. The Balaban J connectivity index is 2.47. The number of rotatable bonds is 3. The van der Waals surface area contributed by atoms with E-state index in [2.05, 4.69) is 0 Å². The lowest BCUT2D eigenvalue weighted by atomic mass is 10.0. The lowest BCUT2D eigenvalue weighted by molar-refractivity contribution is -0.137. The first-order valence-corrected chi connectivity index (χ1v) is 7.40. The number of halogens is 3.